The molecule has 2 rings (SSSR count). The molecule has 1 aliphatic heterocycles. The van der Waals surface area contributed by atoms with Crippen molar-refractivity contribution in [3.63, 3.8) is 0 Å². The van der Waals surface area contributed by atoms with Crippen LogP contribution in [-0.4, -0.2) is 42.5 Å². The van der Waals surface area contributed by atoms with Gasteiger partial charge in [-0.25, -0.2) is 0 Å². The van der Waals surface area contributed by atoms with Gasteiger partial charge >= 0.3 is 0 Å². The molecule has 100 valence electrons. The Morgan fingerprint density at radius 1 is 1.33 bits per heavy atom. The van der Waals surface area contributed by atoms with Crippen LogP contribution >= 0.6 is 0 Å². The Morgan fingerprint density at radius 2 is 2.11 bits per heavy atom. The van der Waals surface area contributed by atoms with E-state index in [-0.39, 0.29) is 0 Å². The van der Waals surface area contributed by atoms with Gasteiger partial charge < -0.3 is 10.6 Å². The molecule has 0 amide bonds. The molecule has 1 fully saturated rings. The van der Waals surface area contributed by atoms with Gasteiger partial charge in [0.25, 0.3) is 0 Å². The van der Waals surface area contributed by atoms with Gasteiger partial charge in [-0.1, -0.05) is 19.1 Å². The normalized spacial score (nSPS) is 22.3. The first-order valence-electron chi connectivity index (χ1n) is 6.88. The van der Waals surface area contributed by atoms with E-state index in [0.717, 1.165) is 18.8 Å². The highest BCUT2D eigenvalue weighted by atomic mass is 15.3. The van der Waals surface area contributed by atoms with Crippen LogP contribution in [0.2, 0.25) is 0 Å². The Morgan fingerprint density at radius 3 is 2.83 bits per heavy atom. The van der Waals surface area contributed by atoms with Crippen LogP contribution in [0.5, 0.6) is 0 Å². The minimum Gasteiger partial charge on any atom is -0.399 e. The second kappa shape index (κ2) is 5.72. The minimum atomic E-state index is 0.695. The Kier molecular flexibility index (Phi) is 4.25. The molecule has 1 atom stereocenters. The second-order valence-corrected chi connectivity index (χ2v) is 5.41. The first-order valence-corrected chi connectivity index (χ1v) is 6.88. The summed E-state index contributed by atoms with van der Waals surface area (Å²) in [5.74, 6) is 0. The van der Waals surface area contributed by atoms with Crippen LogP contribution < -0.4 is 5.73 Å². The number of anilines is 1. The minimum absolute atomic E-state index is 0.695. The largest absolute Gasteiger partial charge is 0.399 e. The summed E-state index contributed by atoms with van der Waals surface area (Å²) in [6.07, 6.45) is 1.23. The van der Waals surface area contributed by atoms with Crippen LogP contribution in [0, 0.1) is 6.92 Å². The molecular formula is C15H25N3. The number of hydrogen-bond acceptors (Lipinski definition) is 3. The number of rotatable bonds is 3. The Balaban J connectivity index is 2.03. The number of nitrogen functional groups attached to an aromatic ring is 1. The van der Waals surface area contributed by atoms with E-state index in [1.807, 2.05) is 6.07 Å². The topological polar surface area (TPSA) is 32.5 Å². The van der Waals surface area contributed by atoms with Crippen LogP contribution in [0.15, 0.2) is 18.2 Å². The van der Waals surface area contributed by atoms with Crippen molar-refractivity contribution < 1.29 is 0 Å². The molecule has 0 radical (unpaired) electrons. The van der Waals surface area contributed by atoms with E-state index < -0.39 is 0 Å². The third-order valence-corrected chi connectivity index (χ3v) is 4.21. The fourth-order valence-corrected chi connectivity index (χ4v) is 2.71. The maximum Gasteiger partial charge on any atom is 0.0346 e. The van der Waals surface area contributed by atoms with E-state index in [4.69, 9.17) is 5.73 Å². The highest BCUT2D eigenvalue weighted by Gasteiger charge is 2.22. The summed E-state index contributed by atoms with van der Waals surface area (Å²) in [7, 11) is 2.23. The van der Waals surface area contributed by atoms with Crippen LogP contribution in [0.4, 0.5) is 5.69 Å². The molecular weight excluding hydrogens is 222 g/mol. The van der Waals surface area contributed by atoms with Crippen molar-refractivity contribution in [3.8, 4) is 0 Å². The van der Waals surface area contributed by atoms with Gasteiger partial charge in [0.15, 0.2) is 0 Å². The van der Waals surface area contributed by atoms with Crippen molar-refractivity contribution >= 4 is 5.69 Å². The summed E-state index contributed by atoms with van der Waals surface area (Å²) in [6, 6.07) is 6.94. The van der Waals surface area contributed by atoms with E-state index in [2.05, 4.69) is 42.8 Å². The van der Waals surface area contributed by atoms with Crippen molar-refractivity contribution in [1.29, 1.82) is 0 Å². The molecule has 1 aromatic rings. The summed E-state index contributed by atoms with van der Waals surface area (Å²) in [5.41, 5.74) is 9.50. The summed E-state index contributed by atoms with van der Waals surface area (Å²) >= 11 is 0. The summed E-state index contributed by atoms with van der Waals surface area (Å²) in [5, 5.41) is 0. The lowest BCUT2D eigenvalue weighted by Crippen LogP contribution is -2.50. The standard InChI is InChI=1S/C15H25N3/c1-4-14-11-18(9-8-17(14)3)10-13-6-5-7-15(16)12(13)2/h5-7,14H,4,8-11,16H2,1-3H3. The van der Waals surface area contributed by atoms with Gasteiger partial charge in [0.05, 0.1) is 0 Å². The molecule has 0 saturated carbocycles. The number of likely N-dealkylation sites (N-methyl/N-ethyl adjacent to an activating group) is 1. The Bertz CT molecular complexity index is 403. The van der Waals surface area contributed by atoms with Crippen molar-refractivity contribution in [1.82, 2.24) is 9.80 Å². The van der Waals surface area contributed by atoms with Gasteiger partial charge in [0, 0.05) is 37.9 Å². The van der Waals surface area contributed by atoms with Crippen molar-refractivity contribution in [2.24, 2.45) is 0 Å². The molecule has 18 heavy (non-hydrogen) atoms. The van der Waals surface area contributed by atoms with E-state index in [1.165, 1.54) is 30.6 Å². The predicted octanol–water partition coefficient (Wildman–Crippen LogP) is 2.10. The fourth-order valence-electron chi connectivity index (χ4n) is 2.71. The van der Waals surface area contributed by atoms with E-state index >= 15 is 0 Å². The molecule has 2 N–H and O–H groups in total. The van der Waals surface area contributed by atoms with Crippen LogP contribution in [0.1, 0.15) is 24.5 Å². The molecule has 1 aromatic carbocycles. The SMILES string of the molecule is CCC1CN(Cc2cccc(N)c2C)CCN1C. The summed E-state index contributed by atoms with van der Waals surface area (Å²) < 4.78 is 0. The van der Waals surface area contributed by atoms with Gasteiger partial charge in [0.1, 0.15) is 0 Å². The zero-order chi connectivity index (χ0) is 13.1. The van der Waals surface area contributed by atoms with Crippen LogP contribution in [0.25, 0.3) is 0 Å². The van der Waals surface area contributed by atoms with Gasteiger partial charge in [-0.2, -0.15) is 0 Å². The molecule has 0 aliphatic carbocycles. The Labute approximate surface area is 111 Å². The molecule has 0 bridgehead atoms. The van der Waals surface area contributed by atoms with Gasteiger partial charge in [-0.3, -0.25) is 4.90 Å². The Hall–Kier alpha value is -1.06. The van der Waals surface area contributed by atoms with Crippen LogP contribution in [-0.2, 0) is 6.54 Å². The van der Waals surface area contributed by atoms with Crippen molar-refractivity contribution in [2.75, 3.05) is 32.4 Å². The second-order valence-electron chi connectivity index (χ2n) is 5.41. The van der Waals surface area contributed by atoms with Gasteiger partial charge in [-0.15, -0.1) is 0 Å². The highest BCUT2D eigenvalue weighted by molar-refractivity contribution is 5.49. The summed E-state index contributed by atoms with van der Waals surface area (Å²) in [6.45, 7) is 8.91. The van der Waals surface area contributed by atoms with Gasteiger partial charge in [-0.05, 0) is 37.6 Å². The first-order chi connectivity index (χ1) is 8.61. The molecule has 1 saturated heterocycles. The van der Waals surface area contributed by atoms with Gasteiger partial charge in [0.2, 0.25) is 0 Å². The number of nitrogens with zero attached hydrogens (tertiary/aromatic N) is 2. The quantitative estimate of drug-likeness (QED) is 0.830. The average Bonchev–Trinajstić information content (AvgIpc) is 2.37. The third-order valence-electron chi connectivity index (χ3n) is 4.21. The molecule has 3 nitrogen and oxygen atoms in total. The predicted molar refractivity (Wildman–Crippen MR) is 77.6 cm³/mol. The maximum absolute atomic E-state index is 5.97. The number of nitrogens with two attached hydrogens (primary N) is 1. The van der Waals surface area contributed by atoms with E-state index in [9.17, 15) is 0 Å². The third kappa shape index (κ3) is 2.85. The monoisotopic (exact) mass is 247 g/mol. The number of hydrogen-bond donors (Lipinski definition) is 1. The fraction of sp³-hybridized carbons (Fsp3) is 0.600. The van der Waals surface area contributed by atoms with Crippen molar-refractivity contribution in [2.45, 2.75) is 32.9 Å². The lowest BCUT2D eigenvalue weighted by Gasteiger charge is -2.39. The lowest BCUT2D eigenvalue weighted by atomic mass is 10.0. The number of benzene rings is 1. The van der Waals surface area contributed by atoms with E-state index in [1.54, 1.807) is 0 Å². The molecule has 1 heterocycles. The zero-order valence-corrected chi connectivity index (χ0v) is 11.8. The molecule has 0 aromatic heterocycles. The first kappa shape index (κ1) is 13.4. The molecule has 3 heteroatoms. The van der Waals surface area contributed by atoms with Crippen molar-refractivity contribution in [3.05, 3.63) is 29.3 Å². The maximum atomic E-state index is 5.97. The number of piperazine rings is 1. The lowest BCUT2D eigenvalue weighted by molar-refractivity contribution is 0.0882. The molecule has 1 aliphatic rings. The highest BCUT2D eigenvalue weighted by Crippen LogP contribution is 2.19. The van der Waals surface area contributed by atoms with Crippen LogP contribution in [0.3, 0.4) is 0 Å². The molecule has 0 spiro atoms. The molecule has 1 unspecified atom stereocenters. The summed E-state index contributed by atoms with van der Waals surface area (Å²) in [4.78, 5) is 5.03. The van der Waals surface area contributed by atoms with E-state index in [0.29, 0.717) is 6.04 Å². The average molecular weight is 247 g/mol. The smallest absolute Gasteiger partial charge is 0.0346 e. The zero-order valence-electron chi connectivity index (χ0n) is 11.8.